The molecular weight excluding hydrogens is 430 g/mol. The predicted octanol–water partition coefficient (Wildman–Crippen LogP) is 3.59. The van der Waals surface area contributed by atoms with Gasteiger partial charge in [0.05, 0.1) is 13.2 Å². The molecule has 2 unspecified atom stereocenters. The SMILES string of the molecule is CCc1nc2n(n1)C(=O)C(C(c1cccs1)N1CCN(c3ccc(OC)cc3)CC1)S2. The number of piperazine rings is 1. The highest BCUT2D eigenvalue weighted by atomic mass is 32.2. The van der Waals surface area contributed by atoms with Crippen LogP contribution < -0.4 is 9.64 Å². The molecule has 2 aromatic heterocycles. The van der Waals surface area contributed by atoms with E-state index in [0.717, 1.165) is 49.3 Å². The second kappa shape index (κ2) is 8.64. The van der Waals surface area contributed by atoms with E-state index in [1.165, 1.54) is 15.2 Å². The number of rotatable bonds is 6. The van der Waals surface area contributed by atoms with Gasteiger partial charge in [0.2, 0.25) is 0 Å². The first-order valence-electron chi connectivity index (χ1n) is 10.5. The van der Waals surface area contributed by atoms with E-state index >= 15 is 0 Å². The maximum Gasteiger partial charge on any atom is 0.264 e. The summed E-state index contributed by atoms with van der Waals surface area (Å²) in [6, 6.07) is 12.5. The highest BCUT2D eigenvalue weighted by molar-refractivity contribution is 8.01. The number of benzene rings is 1. The first-order chi connectivity index (χ1) is 15.2. The minimum absolute atomic E-state index is 0.0316. The number of carbonyl (C=O) groups is 1. The Morgan fingerprint density at radius 3 is 2.55 bits per heavy atom. The van der Waals surface area contributed by atoms with Crippen molar-refractivity contribution in [2.45, 2.75) is 29.8 Å². The van der Waals surface area contributed by atoms with E-state index in [4.69, 9.17) is 4.74 Å². The number of methoxy groups -OCH3 is 1. The molecule has 2 aliphatic rings. The molecule has 2 aliphatic heterocycles. The summed E-state index contributed by atoms with van der Waals surface area (Å²) >= 11 is 3.28. The molecule has 162 valence electrons. The number of aromatic nitrogens is 3. The lowest BCUT2D eigenvalue weighted by atomic mass is 10.1. The smallest absolute Gasteiger partial charge is 0.264 e. The normalized spacial score (nSPS) is 20.1. The fraction of sp³-hybridized carbons (Fsp3) is 0.409. The van der Waals surface area contributed by atoms with Crippen molar-refractivity contribution < 1.29 is 9.53 Å². The van der Waals surface area contributed by atoms with Crippen LogP contribution in [-0.4, -0.2) is 64.1 Å². The van der Waals surface area contributed by atoms with Crippen LogP contribution in [0.4, 0.5) is 5.69 Å². The molecule has 0 radical (unpaired) electrons. The minimum Gasteiger partial charge on any atom is -0.497 e. The Bertz CT molecular complexity index is 1040. The van der Waals surface area contributed by atoms with Crippen LogP contribution in [0.15, 0.2) is 46.9 Å². The van der Waals surface area contributed by atoms with Crippen LogP contribution in [0.5, 0.6) is 5.75 Å². The van der Waals surface area contributed by atoms with E-state index in [-0.39, 0.29) is 17.2 Å². The summed E-state index contributed by atoms with van der Waals surface area (Å²) in [6.07, 6.45) is 0.736. The molecule has 0 spiro atoms. The number of hydrogen-bond donors (Lipinski definition) is 0. The lowest BCUT2D eigenvalue weighted by Crippen LogP contribution is -2.50. The first kappa shape index (κ1) is 20.5. The van der Waals surface area contributed by atoms with Gasteiger partial charge in [0.25, 0.3) is 5.91 Å². The summed E-state index contributed by atoms with van der Waals surface area (Å²) in [5, 5.41) is 7.02. The van der Waals surface area contributed by atoms with E-state index < -0.39 is 0 Å². The van der Waals surface area contributed by atoms with Crippen LogP contribution in [0, 0.1) is 0 Å². The van der Waals surface area contributed by atoms with Gasteiger partial charge in [0.15, 0.2) is 11.0 Å². The lowest BCUT2D eigenvalue weighted by Gasteiger charge is -2.41. The third-order valence-electron chi connectivity index (χ3n) is 5.89. The zero-order chi connectivity index (χ0) is 21.4. The second-order valence-electron chi connectivity index (χ2n) is 7.63. The van der Waals surface area contributed by atoms with Crippen molar-refractivity contribution in [3.05, 3.63) is 52.5 Å². The molecule has 0 bridgehead atoms. The second-order valence-corrected chi connectivity index (χ2v) is 9.72. The molecule has 2 atom stereocenters. The van der Waals surface area contributed by atoms with E-state index in [1.54, 1.807) is 30.2 Å². The molecule has 1 saturated heterocycles. The molecule has 9 heteroatoms. The van der Waals surface area contributed by atoms with Crippen LogP contribution in [0.1, 0.15) is 28.5 Å². The number of anilines is 1. The van der Waals surface area contributed by atoms with E-state index in [0.29, 0.717) is 0 Å². The van der Waals surface area contributed by atoms with Crippen molar-refractivity contribution in [3.8, 4) is 5.75 Å². The van der Waals surface area contributed by atoms with Gasteiger partial charge in [-0.15, -0.1) is 16.4 Å². The Morgan fingerprint density at radius 2 is 1.94 bits per heavy atom. The van der Waals surface area contributed by atoms with Crippen molar-refractivity contribution in [1.82, 2.24) is 19.7 Å². The quantitative estimate of drug-likeness (QED) is 0.563. The molecular formula is C22H25N5O2S2. The Hall–Kier alpha value is -2.36. The number of ether oxygens (including phenoxy) is 1. The lowest BCUT2D eigenvalue weighted by molar-refractivity contribution is 0.0832. The monoisotopic (exact) mass is 455 g/mol. The van der Waals surface area contributed by atoms with Crippen LogP contribution in [0.2, 0.25) is 0 Å². The largest absolute Gasteiger partial charge is 0.497 e. The number of carbonyl (C=O) groups excluding carboxylic acids is 1. The molecule has 3 aromatic rings. The summed E-state index contributed by atoms with van der Waals surface area (Å²) in [4.78, 5) is 23.9. The molecule has 0 aliphatic carbocycles. The fourth-order valence-electron chi connectivity index (χ4n) is 4.22. The number of nitrogens with zero attached hydrogens (tertiary/aromatic N) is 5. The number of thiophene rings is 1. The van der Waals surface area contributed by atoms with E-state index in [9.17, 15) is 4.79 Å². The zero-order valence-electron chi connectivity index (χ0n) is 17.6. The van der Waals surface area contributed by atoms with Crippen molar-refractivity contribution in [2.75, 3.05) is 38.2 Å². The van der Waals surface area contributed by atoms with Crippen LogP contribution in [0.3, 0.4) is 0 Å². The Morgan fingerprint density at radius 1 is 1.16 bits per heavy atom. The number of hydrogen-bond acceptors (Lipinski definition) is 8. The molecule has 1 fully saturated rings. The Balaban J connectivity index is 1.33. The molecule has 0 N–H and O–H groups in total. The summed E-state index contributed by atoms with van der Waals surface area (Å²) in [5.74, 6) is 1.65. The van der Waals surface area contributed by atoms with Gasteiger partial charge in [0, 0.05) is 43.2 Å². The number of aryl methyl sites for hydroxylation is 1. The number of fused-ring (bicyclic) bond motifs is 1. The summed E-state index contributed by atoms with van der Waals surface area (Å²) < 4.78 is 6.79. The highest BCUT2D eigenvalue weighted by Gasteiger charge is 2.44. The predicted molar refractivity (Wildman–Crippen MR) is 124 cm³/mol. The summed E-state index contributed by atoms with van der Waals surface area (Å²) in [5.41, 5.74) is 1.20. The van der Waals surface area contributed by atoms with Crippen LogP contribution in [0.25, 0.3) is 0 Å². The molecule has 1 aromatic carbocycles. The number of thioether (sulfide) groups is 1. The third-order valence-corrected chi connectivity index (χ3v) is 8.02. The standard InChI is InChI=1S/C22H25N5O2S2/c1-3-18-23-22-27(24-18)21(28)20(31-22)19(17-5-4-14-30-17)26-12-10-25(11-13-26)15-6-8-16(29-2)9-7-15/h4-9,14,19-20H,3,10-13H2,1-2H3. The molecule has 5 rings (SSSR count). The zero-order valence-corrected chi connectivity index (χ0v) is 19.2. The maximum absolute atomic E-state index is 13.2. The third kappa shape index (κ3) is 3.86. The summed E-state index contributed by atoms with van der Waals surface area (Å²) in [6.45, 7) is 5.64. The molecule has 0 saturated carbocycles. The van der Waals surface area contributed by atoms with Gasteiger partial charge in [-0.3, -0.25) is 9.69 Å². The van der Waals surface area contributed by atoms with Gasteiger partial charge in [-0.2, -0.15) is 4.68 Å². The molecule has 31 heavy (non-hydrogen) atoms. The molecule has 7 nitrogen and oxygen atoms in total. The topological polar surface area (TPSA) is 63.5 Å². The van der Waals surface area contributed by atoms with Crippen molar-refractivity contribution in [2.24, 2.45) is 0 Å². The van der Waals surface area contributed by atoms with Crippen LogP contribution in [-0.2, 0) is 6.42 Å². The minimum atomic E-state index is -0.216. The highest BCUT2D eigenvalue weighted by Crippen LogP contribution is 2.42. The van der Waals surface area contributed by atoms with Gasteiger partial charge in [-0.05, 0) is 35.7 Å². The van der Waals surface area contributed by atoms with Gasteiger partial charge in [0.1, 0.15) is 11.0 Å². The van der Waals surface area contributed by atoms with Gasteiger partial charge >= 0.3 is 0 Å². The van der Waals surface area contributed by atoms with Gasteiger partial charge in [-0.25, -0.2) is 4.98 Å². The Labute approximate surface area is 190 Å². The van der Waals surface area contributed by atoms with E-state index in [2.05, 4.69) is 49.5 Å². The van der Waals surface area contributed by atoms with Crippen molar-refractivity contribution >= 4 is 34.7 Å². The average molecular weight is 456 g/mol. The fourth-order valence-corrected chi connectivity index (χ4v) is 6.47. The molecule has 4 heterocycles. The van der Waals surface area contributed by atoms with Gasteiger partial charge < -0.3 is 9.64 Å². The first-order valence-corrected chi connectivity index (χ1v) is 12.3. The molecule has 0 amide bonds. The Kier molecular flexibility index (Phi) is 5.73. The average Bonchev–Trinajstić information content (AvgIpc) is 3.54. The van der Waals surface area contributed by atoms with Crippen LogP contribution >= 0.6 is 23.1 Å². The van der Waals surface area contributed by atoms with E-state index in [1.807, 2.05) is 19.1 Å². The maximum atomic E-state index is 13.2. The summed E-state index contributed by atoms with van der Waals surface area (Å²) in [7, 11) is 1.69. The van der Waals surface area contributed by atoms with Crippen molar-refractivity contribution in [3.63, 3.8) is 0 Å². The van der Waals surface area contributed by atoms with Crippen molar-refractivity contribution in [1.29, 1.82) is 0 Å². The van der Waals surface area contributed by atoms with Gasteiger partial charge in [-0.1, -0.05) is 24.8 Å².